The summed E-state index contributed by atoms with van der Waals surface area (Å²) in [5.74, 6) is -0.555. The highest BCUT2D eigenvalue weighted by atomic mass is 127. The van der Waals surface area contributed by atoms with E-state index in [4.69, 9.17) is 27.6 Å². The first kappa shape index (κ1) is 16.3. The van der Waals surface area contributed by atoms with Gasteiger partial charge in [-0.3, -0.25) is 4.79 Å². The number of anilines is 1. The Bertz CT molecular complexity index is 985. The van der Waals surface area contributed by atoms with Crippen LogP contribution in [0.5, 0.6) is 0 Å². The van der Waals surface area contributed by atoms with Crippen molar-refractivity contribution in [2.45, 2.75) is 0 Å². The Labute approximate surface area is 154 Å². The van der Waals surface area contributed by atoms with Crippen molar-refractivity contribution in [3.05, 3.63) is 72.1 Å². The van der Waals surface area contributed by atoms with E-state index >= 15 is 0 Å². The largest absolute Gasteiger partial charge is 0.421 e. The standard InChI is InChI=1S/C16H8Cl2INO3/c17-9-5-8-6-10(16(22)23-14(8)11(18)7-9)15(21)20-13-4-2-1-3-12(13)19/h1-7H,(H,20,21). The van der Waals surface area contributed by atoms with Crippen molar-refractivity contribution in [1.29, 1.82) is 0 Å². The third-order valence-electron chi connectivity index (χ3n) is 3.12. The monoisotopic (exact) mass is 459 g/mol. The highest BCUT2D eigenvalue weighted by Gasteiger charge is 2.16. The number of fused-ring (bicyclic) bond motifs is 1. The van der Waals surface area contributed by atoms with Crippen LogP contribution in [0.2, 0.25) is 10.0 Å². The molecule has 0 saturated heterocycles. The van der Waals surface area contributed by atoms with E-state index in [1.165, 1.54) is 12.1 Å². The zero-order chi connectivity index (χ0) is 16.6. The molecule has 0 atom stereocenters. The molecule has 0 saturated carbocycles. The number of amides is 1. The zero-order valence-corrected chi connectivity index (χ0v) is 15.1. The third kappa shape index (κ3) is 3.36. The van der Waals surface area contributed by atoms with Crippen LogP contribution in [0, 0.1) is 3.57 Å². The number of carbonyl (C=O) groups is 1. The lowest BCUT2D eigenvalue weighted by Crippen LogP contribution is -2.21. The number of para-hydroxylation sites is 1. The molecule has 1 N–H and O–H groups in total. The first-order chi connectivity index (χ1) is 11.0. The second-order valence-corrected chi connectivity index (χ2v) is 6.69. The molecule has 1 aromatic heterocycles. The van der Waals surface area contributed by atoms with Crippen LogP contribution in [0.15, 0.2) is 51.7 Å². The molecule has 1 heterocycles. The van der Waals surface area contributed by atoms with Gasteiger partial charge in [-0.15, -0.1) is 0 Å². The van der Waals surface area contributed by atoms with E-state index in [9.17, 15) is 9.59 Å². The van der Waals surface area contributed by atoms with E-state index in [0.717, 1.165) is 3.57 Å². The predicted molar refractivity (Wildman–Crippen MR) is 99.6 cm³/mol. The first-order valence-corrected chi connectivity index (χ1v) is 8.28. The maximum atomic E-state index is 12.4. The Kier molecular flexibility index (Phi) is 4.61. The van der Waals surface area contributed by atoms with Crippen LogP contribution >= 0.6 is 45.8 Å². The fraction of sp³-hybridized carbons (Fsp3) is 0. The second-order valence-electron chi connectivity index (χ2n) is 4.69. The smallest absolute Gasteiger partial charge is 0.349 e. The Balaban J connectivity index is 2.06. The van der Waals surface area contributed by atoms with Crippen LogP contribution in [-0.2, 0) is 0 Å². The Morgan fingerprint density at radius 2 is 1.87 bits per heavy atom. The maximum absolute atomic E-state index is 12.4. The molecule has 3 rings (SSSR count). The van der Waals surface area contributed by atoms with Crippen LogP contribution in [0.4, 0.5) is 5.69 Å². The van der Waals surface area contributed by atoms with E-state index in [0.29, 0.717) is 16.1 Å². The van der Waals surface area contributed by atoms with Gasteiger partial charge in [0.25, 0.3) is 5.91 Å². The molecule has 1 amide bonds. The lowest BCUT2D eigenvalue weighted by molar-refractivity contribution is 0.102. The lowest BCUT2D eigenvalue weighted by Gasteiger charge is -2.07. The van der Waals surface area contributed by atoms with Gasteiger partial charge in [-0.05, 0) is 52.9 Å². The number of hydrogen-bond donors (Lipinski definition) is 1. The summed E-state index contributed by atoms with van der Waals surface area (Å²) >= 11 is 14.0. The number of halogens is 3. The van der Waals surface area contributed by atoms with Gasteiger partial charge in [-0.2, -0.15) is 0 Å². The fourth-order valence-corrected chi connectivity index (χ4v) is 3.14. The zero-order valence-electron chi connectivity index (χ0n) is 11.4. The van der Waals surface area contributed by atoms with Gasteiger partial charge in [0.2, 0.25) is 0 Å². The van der Waals surface area contributed by atoms with Crippen LogP contribution in [0.1, 0.15) is 10.4 Å². The van der Waals surface area contributed by atoms with E-state index in [1.54, 1.807) is 18.2 Å². The van der Waals surface area contributed by atoms with Crippen molar-refractivity contribution in [2.24, 2.45) is 0 Å². The van der Waals surface area contributed by atoms with Gasteiger partial charge in [-0.25, -0.2) is 4.79 Å². The van der Waals surface area contributed by atoms with Gasteiger partial charge < -0.3 is 9.73 Å². The number of benzene rings is 2. The number of nitrogens with one attached hydrogen (secondary N) is 1. The molecule has 0 aliphatic carbocycles. The summed E-state index contributed by atoms with van der Waals surface area (Å²) in [6.45, 7) is 0. The van der Waals surface area contributed by atoms with E-state index < -0.39 is 11.5 Å². The van der Waals surface area contributed by atoms with Crippen LogP contribution < -0.4 is 10.9 Å². The fourth-order valence-electron chi connectivity index (χ4n) is 2.07. The molecule has 0 aliphatic heterocycles. The van der Waals surface area contributed by atoms with Crippen molar-refractivity contribution in [3.63, 3.8) is 0 Å². The Morgan fingerprint density at radius 1 is 1.13 bits per heavy atom. The molecule has 0 bridgehead atoms. The van der Waals surface area contributed by atoms with Crippen LogP contribution in [0.25, 0.3) is 11.0 Å². The summed E-state index contributed by atoms with van der Waals surface area (Å²) in [6, 6.07) is 11.7. The molecule has 23 heavy (non-hydrogen) atoms. The Hall–Kier alpha value is -1.57. The molecule has 3 aromatic rings. The predicted octanol–water partition coefficient (Wildman–Crippen LogP) is 4.96. The molecule has 0 aliphatic rings. The van der Waals surface area contributed by atoms with Gasteiger partial charge >= 0.3 is 5.63 Å². The average Bonchev–Trinajstić information content (AvgIpc) is 2.49. The molecular weight excluding hydrogens is 452 g/mol. The van der Waals surface area contributed by atoms with Crippen molar-refractivity contribution in [3.8, 4) is 0 Å². The molecule has 2 aromatic carbocycles. The van der Waals surface area contributed by atoms with E-state index in [-0.39, 0.29) is 16.2 Å². The summed E-state index contributed by atoms with van der Waals surface area (Å²) in [5.41, 5.74) is -0.0609. The molecule has 0 radical (unpaired) electrons. The van der Waals surface area contributed by atoms with E-state index in [2.05, 4.69) is 27.9 Å². The summed E-state index contributed by atoms with van der Waals surface area (Å²) in [4.78, 5) is 24.4. The van der Waals surface area contributed by atoms with Gasteiger partial charge in [0, 0.05) is 14.0 Å². The molecule has 0 spiro atoms. The summed E-state index contributed by atoms with van der Waals surface area (Å²) in [7, 11) is 0. The van der Waals surface area contributed by atoms with Crippen molar-refractivity contribution in [2.75, 3.05) is 5.32 Å². The van der Waals surface area contributed by atoms with Gasteiger partial charge in [-0.1, -0.05) is 35.3 Å². The number of carbonyl (C=O) groups excluding carboxylic acids is 1. The van der Waals surface area contributed by atoms with Gasteiger partial charge in [0.15, 0.2) is 5.58 Å². The summed E-state index contributed by atoms with van der Waals surface area (Å²) in [5, 5.41) is 3.78. The van der Waals surface area contributed by atoms with Crippen molar-refractivity contribution >= 4 is 68.4 Å². The summed E-state index contributed by atoms with van der Waals surface area (Å²) < 4.78 is 6.02. The normalized spacial score (nSPS) is 10.7. The van der Waals surface area contributed by atoms with Crippen molar-refractivity contribution in [1.82, 2.24) is 0 Å². The minimum Gasteiger partial charge on any atom is -0.421 e. The molecule has 4 nitrogen and oxygen atoms in total. The summed E-state index contributed by atoms with van der Waals surface area (Å²) in [6.07, 6.45) is 0. The molecule has 0 unspecified atom stereocenters. The Morgan fingerprint density at radius 3 is 2.61 bits per heavy atom. The number of hydrogen-bond acceptors (Lipinski definition) is 3. The highest BCUT2D eigenvalue weighted by Crippen LogP contribution is 2.27. The molecule has 116 valence electrons. The quantitative estimate of drug-likeness (QED) is 0.435. The third-order valence-corrected chi connectivity index (χ3v) is 4.56. The number of rotatable bonds is 2. The maximum Gasteiger partial charge on any atom is 0.349 e. The van der Waals surface area contributed by atoms with Crippen LogP contribution in [0.3, 0.4) is 0 Å². The van der Waals surface area contributed by atoms with Gasteiger partial charge in [0.1, 0.15) is 5.56 Å². The minimum atomic E-state index is -0.759. The first-order valence-electron chi connectivity index (χ1n) is 6.44. The second kappa shape index (κ2) is 6.51. The topological polar surface area (TPSA) is 59.3 Å². The van der Waals surface area contributed by atoms with Gasteiger partial charge in [0.05, 0.1) is 10.7 Å². The lowest BCUT2D eigenvalue weighted by atomic mass is 10.1. The van der Waals surface area contributed by atoms with E-state index in [1.807, 2.05) is 12.1 Å². The molecule has 7 heteroatoms. The molecular formula is C16H8Cl2INO3. The minimum absolute atomic E-state index is 0.115. The highest BCUT2D eigenvalue weighted by molar-refractivity contribution is 14.1. The SMILES string of the molecule is O=C(Nc1ccccc1I)c1cc2cc(Cl)cc(Cl)c2oc1=O. The van der Waals surface area contributed by atoms with Crippen LogP contribution in [-0.4, -0.2) is 5.91 Å². The average molecular weight is 460 g/mol. The molecule has 0 fully saturated rings. The van der Waals surface area contributed by atoms with Crippen molar-refractivity contribution < 1.29 is 9.21 Å².